The van der Waals surface area contributed by atoms with Gasteiger partial charge >= 0.3 is 0 Å². The van der Waals surface area contributed by atoms with Crippen LogP contribution < -0.4 is 0 Å². The summed E-state index contributed by atoms with van der Waals surface area (Å²) in [6.45, 7) is 7.88. The zero-order valence-electron chi connectivity index (χ0n) is 31.9. The van der Waals surface area contributed by atoms with E-state index in [4.69, 9.17) is 21.5 Å². The second-order valence-electron chi connectivity index (χ2n) is 15.1. The second kappa shape index (κ2) is 13.9. The fourth-order valence-electron chi connectivity index (χ4n) is 8.97. The van der Waals surface area contributed by atoms with Crippen LogP contribution in [-0.2, 0) is 5.41 Å². The van der Waals surface area contributed by atoms with Crippen LogP contribution in [0.3, 0.4) is 0 Å². The molecule has 0 amide bonds. The molecule has 10 aromatic rings. The lowest BCUT2D eigenvalue weighted by atomic mass is 9.67. The number of rotatable bonds is 6. The molecule has 0 saturated carbocycles. The van der Waals surface area contributed by atoms with Gasteiger partial charge in [-0.3, -0.25) is 0 Å². The van der Waals surface area contributed by atoms with Crippen LogP contribution in [0, 0.1) is 6.57 Å². The molecule has 0 unspecified atom stereocenters. The Bertz CT molecular complexity index is 3140. The second-order valence-corrected chi connectivity index (χ2v) is 15.1. The smallest absolute Gasteiger partial charge is 0.187 e. The third-order valence-corrected chi connectivity index (χ3v) is 11.8. The first-order valence-corrected chi connectivity index (χ1v) is 19.8. The van der Waals surface area contributed by atoms with Crippen molar-refractivity contribution in [1.82, 2.24) is 15.0 Å². The van der Waals surface area contributed by atoms with Gasteiger partial charge in [-0.15, -0.1) is 0 Å². The van der Waals surface area contributed by atoms with Gasteiger partial charge in [0.05, 0.1) is 12.0 Å². The summed E-state index contributed by atoms with van der Waals surface area (Å²) in [4.78, 5) is 19.1. The SMILES string of the molecule is [C-]#[N+]c1ccc2c(c1)-c1cc(-c3ccc(-c4nc(-c5ccc6ccccc6c5)nc(-c5ccc6ccccc6c5)n4)cc3)ccc1C2(c1ccccc1)c1ccccc1. The molecule has 1 aliphatic carbocycles. The van der Waals surface area contributed by atoms with Crippen molar-refractivity contribution in [3.05, 3.63) is 240 Å². The molecule has 1 aromatic heterocycles. The molecular weight excluding hydrogens is 717 g/mol. The van der Waals surface area contributed by atoms with Crippen LogP contribution in [0.5, 0.6) is 0 Å². The fourth-order valence-corrected chi connectivity index (χ4v) is 8.97. The lowest BCUT2D eigenvalue weighted by Gasteiger charge is -2.34. The molecular formula is C55H34N4. The lowest BCUT2D eigenvalue weighted by molar-refractivity contribution is 0.768. The topological polar surface area (TPSA) is 43.0 Å². The van der Waals surface area contributed by atoms with Crippen LogP contribution in [0.25, 0.3) is 82.8 Å². The monoisotopic (exact) mass is 750 g/mol. The quantitative estimate of drug-likeness (QED) is 0.159. The molecule has 0 fully saturated rings. The van der Waals surface area contributed by atoms with Gasteiger partial charge in [0.25, 0.3) is 0 Å². The van der Waals surface area contributed by atoms with E-state index < -0.39 is 5.41 Å². The highest BCUT2D eigenvalue weighted by atomic mass is 15.0. The number of hydrogen-bond acceptors (Lipinski definition) is 3. The van der Waals surface area contributed by atoms with E-state index in [-0.39, 0.29) is 0 Å². The van der Waals surface area contributed by atoms with Crippen molar-refractivity contribution in [3.8, 4) is 56.4 Å². The van der Waals surface area contributed by atoms with Gasteiger partial charge < -0.3 is 0 Å². The molecule has 0 radical (unpaired) electrons. The summed E-state index contributed by atoms with van der Waals surface area (Å²) in [6.07, 6.45) is 0. The van der Waals surface area contributed by atoms with Gasteiger partial charge in [0.1, 0.15) is 0 Å². The van der Waals surface area contributed by atoms with E-state index in [0.29, 0.717) is 23.2 Å². The summed E-state index contributed by atoms with van der Waals surface area (Å²) in [7, 11) is 0. The molecule has 4 heteroatoms. The molecule has 0 saturated heterocycles. The number of aromatic nitrogens is 3. The first-order chi connectivity index (χ1) is 29.2. The van der Waals surface area contributed by atoms with Crippen molar-refractivity contribution >= 4 is 27.2 Å². The first-order valence-electron chi connectivity index (χ1n) is 19.8. The predicted molar refractivity (Wildman–Crippen MR) is 240 cm³/mol. The third-order valence-electron chi connectivity index (χ3n) is 11.8. The zero-order valence-corrected chi connectivity index (χ0v) is 31.9. The van der Waals surface area contributed by atoms with E-state index in [9.17, 15) is 0 Å². The standard InChI is InChI=1S/C55H34N4/c1-56-47-29-31-51-49(35-47)48-34-42(28-30-50(48)55(51,45-16-4-2-5-17-45)46-18-6-3-7-19-46)38-20-24-39(25-21-38)52-57-53(43-26-22-36-12-8-10-14-40(36)32-43)59-54(58-52)44-27-23-37-13-9-11-15-41(37)33-44/h2-35H. The first kappa shape index (κ1) is 34.3. The van der Waals surface area contributed by atoms with E-state index in [1.54, 1.807) is 0 Å². The number of nitrogens with zero attached hydrogens (tertiary/aromatic N) is 4. The molecule has 0 bridgehead atoms. The maximum Gasteiger partial charge on any atom is 0.187 e. The molecule has 0 N–H and O–H groups in total. The minimum absolute atomic E-state index is 0.527. The van der Waals surface area contributed by atoms with Gasteiger partial charge in [0.2, 0.25) is 0 Å². The van der Waals surface area contributed by atoms with Crippen LogP contribution >= 0.6 is 0 Å². The van der Waals surface area contributed by atoms with Crippen LogP contribution in [0.15, 0.2) is 206 Å². The zero-order chi connectivity index (χ0) is 39.3. The van der Waals surface area contributed by atoms with E-state index in [2.05, 4.69) is 205 Å². The maximum atomic E-state index is 7.88. The molecule has 4 nitrogen and oxygen atoms in total. The molecule has 59 heavy (non-hydrogen) atoms. The Balaban J connectivity index is 1.03. The largest absolute Gasteiger partial charge is 0.238 e. The third kappa shape index (κ3) is 5.71. The summed E-state index contributed by atoms with van der Waals surface area (Å²) < 4.78 is 0. The molecule has 274 valence electrons. The Hall–Kier alpha value is -8.00. The number of hydrogen-bond donors (Lipinski definition) is 0. The highest BCUT2D eigenvalue weighted by molar-refractivity contribution is 5.91. The molecule has 9 aromatic carbocycles. The number of benzene rings is 9. The Labute approximate surface area is 342 Å². The van der Waals surface area contributed by atoms with Crippen molar-refractivity contribution in [3.63, 3.8) is 0 Å². The average Bonchev–Trinajstić information content (AvgIpc) is 3.61. The lowest BCUT2D eigenvalue weighted by Crippen LogP contribution is -2.28. The average molecular weight is 751 g/mol. The molecule has 11 rings (SSSR count). The van der Waals surface area contributed by atoms with Crippen molar-refractivity contribution in [2.45, 2.75) is 5.41 Å². The summed E-state index contributed by atoms with van der Waals surface area (Å²) in [6, 6.07) is 72.4. The van der Waals surface area contributed by atoms with Crippen LogP contribution in [0.1, 0.15) is 22.3 Å². The molecule has 0 aliphatic heterocycles. The van der Waals surface area contributed by atoms with E-state index in [0.717, 1.165) is 49.7 Å². The summed E-state index contributed by atoms with van der Waals surface area (Å²) >= 11 is 0. The van der Waals surface area contributed by atoms with E-state index in [1.807, 2.05) is 6.07 Å². The van der Waals surface area contributed by atoms with Gasteiger partial charge in [-0.25, -0.2) is 19.8 Å². The minimum Gasteiger partial charge on any atom is -0.238 e. The summed E-state index contributed by atoms with van der Waals surface area (Å²) in [5.41, 5.74) is 12.1. The van der Waals surface area contributed by atoms with E-state index >= 15 is 0 Å². The molecule has 1 aliphatic rings. The highest BCUT2D eigenvalue weighted by Crippen LogP contribution is 2.57. The minimum atomic E-state index is -0.527. The van der Waals surface area contributed by atoms with Crippen molar-refractivity contribution < 1.29 is 0 Å². The predicted octanol–water partition coefficient (Wildman–Crippen LogP) is 13.8. The number of fused-ring (bicyclic) bond motifs is 5. The Morgan fingerprint density at radius 2 is 0.763 bits per heavy atom. The van der Waals surface area contributed by atoms with Crippen molar-refractivity contribution in [2.24, 2.45) is 0 Å². The fraction of sp³-hybridized carbons (Fsp3) is 0.0182. The Morgan fingerprint density at radius 3 is 1.31 bits per heavy atom. The Kier molecular flexibility index (Phi) is 8.06. The van der Waals surface area contributed by atoms with Crippen molar-refractivity contribution in [1.29, 1.82) is 0 Å². The van der Waals surface area contributed by atoms with Crippen LogP contribution in [0.4, 0.5) is 5.69 Å². The molecule has 1 heterocycles. The van der Waals surface area contributed by atoms with Gasteiger partial charge in [-0.05, 0) is 90.3 Å². The van der Waals surface area contributed by atoms with Crippen LogP contribution in [-0.4, -0.2) is 15.0 Å². The van der Waals surface area contributed by atoms with Gasteiger partial charge in [-0.2, -0.15) is 0 Å². The highest BCUT2D eigenvalue weighted by Gasteiger charge is 2.46. The molecule has 0 atom stereocenters. The molecule has 0 spiro atoms. The van der Waals surface area contributed by atoms with Crippen LogP contribution in [0.2, 0.25) is 0 Å². The normalized spacial score (nSPS) is 12.5. The summed E-state index contributed by atoms with van der Waals surface area (Å²) in [5, 5.41) is 4.61. The van der Waals surface area contributed by atoms with Gasteiger partial charge in [0, 0.05) is 16.7 Å². The van der Waals surface area contributed by atoms with E-state index in [1.165, 1.54) is 33.0 Å². The van der Waals surface area contributed by atoms with Gasteiger partial charge in [-0.1, -0.05) is 182 Å². The summed E-state index contributed by atoms with van der Waals surface area (Å²) in [5.74, 6) is 1.87. The Morgan fingerprint density at radius 1 is 0.339 bits per heavy atom. The van der Waals surface area contributed by atoms with Crippen molar-refractivity contribution in [2.75, 3.05) is 0 Å². The van der Waals surface area contributed by atoms with Gasteiger partial charge in [0.15, 0.2) is 23.2 Å². The maximum absolute atomic E-state index is 7.88.